The number of unbranched alkanes of at least 4 members (excludes halogenated alkanes) is 2. The van der Waals surface area contributed by atoms with Gasteiger partial charge < -0.3 is 20.7 Å². The Balaban J connectivity index is 2.25. The number of para-hydroxylation sites is 1. The Labute approximate surface area is 148 Å². The Morgan fingerprint density at radius 2 is 1.92 bits per heavy atom. The monoisotopic (exact) mass is 345 g/mol. The molecule has 1 heterocycles. The lowest BCUT2D eigenvalue weighted by Crippen LogP contribution is -2.47. The van der Waals surface area contributed by atoms with Gasteiger partial charge in [-0.15, -0.1) is 0 Å². The van der Waals surface area contributed by atoms with Crippen molar-refractivity contribution < 1.29 is 14.7 Å². The molecule has 1 aromatic heterocycles. The normalized spacial score (nSPS) is 12.5. The van der Waals surface area contributed by atoms with Crippen LogP contribution in [0.3, 0.4) is 0 Å². The summed E-state index contributed by atoms with van der Waals surface area (Å²) in [4.78, 5) is 24.3. The Morgan fingerprint density at radius 1 is 1.20 bits per heavy atom. The number of fused-ring (bicyclic) bond motifs is 1. The van der Waals surface area contributed by atoms with Crippen LogP contribution in [0.2, 0.25) is 0 Å². The Kier molecular flexibility index (Phi) is 6.58. The van der Waals surface area contributed by atoms with Gasteiger partial charge in [0.1, 0.15) is 6.04 Å². The molecule has 4 N–H and O–H groups in total. The number of aryl methyl sites for hydroxylation is 1. The minimum atomic E-state index is -0.695. The van der Waals surface area contributed by atoms with Crippen molar-refractivity contribution in [3.8, 4) is 0 Å². The molecule has 0 spiro atoms. The van der Waals surface area contributed by atoms with Crippen LogP contribution < -0.4 is 11.1 Å². The molecule has 0 saturated carbocycles. The lowest BCUT2D eigenvalue weighted by molar-refractivity contribution is -0.120. The Hall–Kier alpha value is -2.34. The number of aliphatic hydroxyl groups is 1. The summed E-state index contributed by atoms with van der Waals surface area (Å²) in [6.45, 7) is 4.67. The third-order valence-electron chi connectivity index (χ3n) is 4.35. The van der Waals surface area contributed by atoms with Crippen molar-refractivity contribution >= 4 is 22.7 Å². The predicted molar refractivity (Wildman–Crippen MR) is 98.2 cm³/mol. The van der Waals surface area contributed by atoms with E-state index in [1.54, 1.807) is 0 Å². The van der Waals surface area contributed by atoms with Gasteiger partial charge in [-0.1, -0.05) is 32.0 Å². The topological polar surface area (TPSA) is 97.3 Å². The number of benzene rings is 1. The van der Waals surface area contributed by atoms with E-state index >= 15 is 0 Å². The summed E-state index contributed by atoms with van der Waals surface area (Å²) in [5.74, 6) is -0.896. The molecular formula is C19H27N3O3. The minimum absolute atomic E-state index is 0.0757. The summed E-state index contributed by atoms with van der Waals surface area (Å²) in [5, 5.41) is 12.5. The summed E-state index contributed by atoms with van der Waals surface area (Å²) in [6, 6.07) is 7.02. The van der Waals surface area contributed by atoms with E-state index in [1.165, 1.54) is 0 Å². The van der Waals surface area contributed by atoms with E-state index in [-0.39, 0.29) is 18.4 Å². The second-order valence-electron chi connectivity index (χ2n) is 6.64. The molecule has 2 amide bonds. The van der Waals surface area contributed by atoms with E-state index in [1.807, 2.05) is 44.3 Å². The standard InChI is InChI=1S/C19H27N3O3/c1-13(2)17(18(20)24)21-19(25)15-12-22(10-6-3-7-11-23)16-9-5-4-8-14(15)16/h4-5,8-9,12-13,17,23H,3,6-7,10-11H2,1-2H3,(H2,20,24)(H,21,25). The lowest BCUT2D eigenvalue weighted by atomic mass is 10.0. The first-order chi connectivity index (χ1) is 12.0. The number of primary amides is 1. The van der Waals surface area contributed by atoms with E-state index in [9.17, 15) is 9.59 Å². The van der Waals surface area contributed by atoms with Crippen LogP contribution in [0.1, 0.15) is 43.5 Å². The minimum Gasteiger partial charge on any atom is -0.396 e. The largest absolute Gasteiger partial charge is 0.396 e. The molecule has 6 nitrogen and oxygen atoms in total. The van der Waals surface area contributed by atoms with Crippen molar-refractivity contribution in [3.63, 3.8) is 0 Å². The van der Waals surface area contributed by atoms with Gasteiger partial charge in [0.2, 0.25) is 5.91 Å². The molecule has 2 rings (SSSR count). The molecule has 1 unspecified atom stereocenters. The molecule has 0 aliphatic carbocycles. The van der Waals surface area contributed by atoms with Crippen LogP contribution in [0, 0.1) is 5.92 Å². The smallest absolute Gasteiger partial charge is 0.254 e. The van der Waals surface area contributed by atoms with Gasteiger partial charge in [-0.3, -0.25) is 9.59 Å². The highest BCUT2D eigenvalue weighted by Crippen LogP contribution is 2.22. The average Bonchev–Trinajstić information content (AvgIpc) is 2.95. The summed E-state index contributed by atoms with van der Waals surface area (Å²) in [6.07, 6.45) is 4.47. The van der Waals surface area contributed by atoms with Gasteiger partial charge in [-0.05, 0) is 31.2 Å². The molecule has 136 valence electrons. The van der Waals surface area contributed by atoms with Crippen molar-refractivity contribution in [1.82, 2.24) is 9.88 Å². The van der Waals surface area contributed by atoms with Crippen molar-refractivity contribution in [2.75, 3.05) is 6.61 Å². The fourth-order valence-electron chi connectivity index (χ4n) is 2.97. The van der Waals surface area contributed by atoms with Crippen LogP contribution in [-0.2, 0) is 11.3 Å². The van der Waals surface area contributed by atoms with Crippen LogP contribution in [0.25, 0.3) is 10.9 Å². The van der Waals surface area contributed by atoms with Gasteiger partial charge in [-0.2, -0.15) is 0 Å². The quantitative estimate of drug-likeness (QED) is 0.607. The van der Waals surface area contributed by atoms with E-state index in [4.69, 9.17) is 10.8 Å². The first kappa shape index (κ1) is 19.0. The average molecular weight is 345 g/mol. The van der Waals surface area contributed by atoms with Crippen LogP contribution in [0.15, 0.2) is 30.5 Å². The summed E-state index contributed by atoms with van der Waals surface area (Å²) >= 11 is 0. The van der Waals surface area contributed by atoms with E-state index in [0.717, 1.165) is 36.7 Å². The maximum atomic E-state index is 12.7. The van der Waals surface area contributed by atoms with Crippen molar-refractivity contribution in [2.24, 2.45) is 11.7 Å². The maximum absolute atomic E-state index is 12.7. The van der Waals surface area contributed by atoms with Gasteiger partial charge in [0, 0.05) is 30.3 Å². The molecule has 0 radical (unpaired) electrons. The number of carbonyl (C=O) groups excluding carboxylic acids is 2. The molecule has 2 aromatic rings. The Morgan fingerprint density at radius 3 is 2.56 bits per heavy atom. The molecule has 0 fully saturated rings. The molecule has 6 heteroatoms. The molecule has 25 heavy (non-hydrogen) atoms. The Bertz CT molecular complexity index is 737. The van der Waals surface area contributed by atoms with Crippen molar-refractivity contribution in [3.05, 3.63) is 36.0 Å². The summed E-state index contributed by atoms with van der Waals surface area (Å²) in [5.41, 5.74) is 6.93. The van der Waals surface area contributed by atoms with Crippen LogP contribution in [0.5, 0.6) is 0 Å². The van der Waals surface area contributed by atoms with Gasteiger partial charge in [0.25, 0.3) is 5.91 Å². The number of hydrogen-bond acceptors (Lipinski definition) is 3. The van der Waals surface area contributed by atoms with Gasteiger partial charge >= 0.3 is 0 Å². The zero-order valence-corrected chi connectivity index (χ0v) is 14.9. The highest BCUT2D eigenvalue weighted by atomic mass is 16.3. The van der Waals surface area contributed by atoms with Gasteiger partial charge in [0.05, 0.1) is 5.56 Å². The van der Waals surface area contributed by atoms with E-state index < -0.39 is 11.9 Å². The molecule has 0 aliphatic rings. The number of nitrogens with zero attached hydrogens (tertiary/aromatic N) is 1. The van der Waals surface area contributed by atoms with Gasteiger partial charge in [0.15, 0.2) is 0 Å². The van der Waals surface area contributed by atoms with E-state index in [2.05, 4.69) is 9.88 Å². The van der Waals surface area contributed by atoms with Crippen LogP contribution >= 0.6 is 0 Å². The highest BCUT2D eigenvalue weighted by molar-refractivity contribution is 6.08. The number of carbonyl (C=O) groups is 2. The highest BCUT2D eigenvalue weighted by Gasteiger charge is 2.24. The first-order valence-electron chi connectivity index (χ1n) is 8.74. The number of amides is 2. The van der Waals surface area contributed by atoms with Crippen LogP contribution in [0.4, 0.5) is 0 Å². The molecular weight excluding hydrogens is 318 g/mol. The fraction of sp³-hybridized carbons (Fsp3) is 0.474. The molecule has 1 aromatic carbocycles. The third-order valence-corrected chi connectivity index (χ3v) is 4.35. The third kappa shape index (κ3) is 4.60. The van der Waals surface area contributed by atoms with Gasteiger partial charge in [-0.25, -0.2) is 0 Å². The van der Waals surface area contributed by atoms with Crippen LogP contribution in [-0.4, -0.2) is 34.1 Å². The number of nitrogens with one attached hydrogen (secondary N) is 1. The molecule has 0 saturated heterocycles. The number of aromatic nitrogens is 1. The summed E-state index contributed by atoms with van der Waals surface area (Å²) in [7, 11) is 0. The first-order valence-corrected chi connectivity index (χ1v) is 8.74. The number of nitrogens with two attached hydrogens (primary N) is 1. The summed E-state index contributed by atoms with van der Waals surface area (Å²) < 4.78 is 2.05. The predicted octanol–water partition coefficient (Wildman–Crippen LogP) is 2.04. The maximum Gasteiger partial charge on any atom is 0.254 e. The zero-order chi connectivity index (χ0) is 18.4. The lowest BCUT2D eigenvalue weighted by Gasteiger charge is -2.18. The van der Waals surface area contributed by atoms with E-state index in [0.29, 0.717) is 5.56 Å². The van der Waals surface area contributed by atoms with Crippen molar-refractivity contribution in [1.29, 1.82) is 0 Å². The fourth-order valence-corrected chi connectivity index (χ4v) is 2.97. The molecule has 0 aliphatic heterocycles. The SMILES string of the molecule is CC(C)C(NC(=O)c1cn(CCCCCO)c2ccccc12)C(N)=O. The number of aliphatic hydroxyl groups excluding tert-OH is 1. The number of rotatable bonds is 9. The molecule has 0 bridgehead atoms. The van der Waals surface area contributed by atoms with Crippen molar-refractivity contribution in [2.45, 2.75) is 45.7 Å². The molecule has 1 atom stereocenters. The number of hydrogen-bond donors (Lipinski definition) is 3. The second-order valence-corrected chi connectivity index (χ2v) is 6.64. The second kappa shape index (κ2) is 8.67. The zero-order valence-electron chi connectivity index (χ0n) is 14.9.